The molecule has 4 aliphatic rings. The molecule has 6 rings (SSSR count). The zero-order chi connectivity index (χ0) is 21.4. The van der Waals surface area contributed by atoms with E-state index in [1.807, 2.05) is 0 Å². The van der Waals surface area contributed by atoms with Gasteiger partial charge in [0.15, 0.2) is 0 Å². The van der Waals surface area contributed by atoms with E-state index in [4.69, 9.17) is 4.74 Å². The van der Waals surface area contributed by atoms with Gasteiger partial charge in [0.05, 0.1) is 19.0 Å². The van der Waals surface area contributed by atoms with Crippen molar-refractivity contribution >= 4 is 6.08 Å². The van der Waals surface area contributed by atoms with Gasteiger partial charge in [0, 0.05) is 25.2 Å². The minimum Gasteiger partial charge on any atom is -0.440 e. The van der Waals surface area contributed by atoms with Gasteiger partial charge in [0.25, 0.3) is 0 Å². The first-order valence-corrected chi connectivity index (χ1v) is 12.9. The third kappa shape index (κ3) is 3.44. The van der Waals surface area contributed by atoms with E-state index in [0.29, 0.717) is 11.8 Å². The fraction of sp³-hybridized carbons (Fsp3) is 0.467. The summed E-state index contributed by atoms with van der Waals surface area (Å²) in [5.41, 5.74) is 5.79. The number of rotatable bonds is 3. The van der Waals surface area contributed by atoms with Crippen LogP contribution in [0.15, 0.2) is 77.6 Å². The number of ether oxygens (including phenoxy) is 1. The zero-order valence-electron chi connectivity index (χ0n) is 19.2. The van der Waals surface area contributed by atoms with Gasteiger partial charge in [0.1, 0.15) is 5.76 Å². The Morgan fingerprint density at radius 2 is 1.56 bits per heavy atom. The Balaban J connectivity index is 1.52. The highest BCUT2D eigenvalue weighted by atomic mass is 16.5. The summed E-state index contributed by atoms with van der Waals surface area (Å²) >= 11 is 0. The van der Waals surface area contributed by atoms with E-state index in [9.17, 15) is 0 Å². The third-order valence-corrected chi connectivity index (χ3v) is 8.55. The van der Waals surface area contributed by atoms with Gasteiger partial charge in [0.2, 0.25) is 5.72 Å². The van der Waals surface area contributed by atoms with Gasteiger partial charge in [-0.2, -0.15) is 0 Å². The average molecular weight is 427 g/mol. The zero-order valence-corrected chi connectivity index (χ0v) is 19.2. The fourth-order valence-electron chi connectivity index (χ4n) is 7.21. The summed E-state index contributed by atoms with van der Waals surface area (Å²) < 4.78 is 7.38. The molecule has 2 aliphatic heterocycles. The summed E-state index contributed by atoms with van der Waals surface area (Å²) in [4.78, 5) is 1.74. The highest BCUT2D eigenvalue weighted by Crippen LogP contribution is 2.54. The summed E-state index contributed by atoms with van der Waals surface area (Å²) in [6.07, 6.45) is 13.8. The van der Waals surface area contributed by atoms with Crippen molar-refractivity contribution in [3.63, 3.8) is 0 Å². The standard InChI is InChI=1S/C30H35NO/c1-3-12-23(13-4-1)22-25-16-11-17-26-28(24-14-5-2-6-15-24)27-18-7-8-19-30(27,32-29(25)26)31-20-9-10-21-31/h1-6,12-15,22,27-28H,7-11,16-21H2/p+1/b25-22+/t27-,28-,30-/m1/s1. The van der Waals surface area contributed by atoms with Gasteiger partial charge in [-0.15, -0.1) is 0 Å². The SMILES string of the molecule is C(=C1/CCCC2=C1O[C@]1([NH+]3CCCC3)CCCC[C@@H]1[C@@H]2c1ccccc1)/c1ccccc1. The number of quaternary nitrogens is 1. The predicted octanol–water partition coefficient (Wildman–Crippen LogP) is 5.89. The summed E-state index contributed by atoms with van der Waals surface area (Å²) in [7, 11) is 0. The van der Waals surface area contributed by atoms with Crippen LogP contribution < -0.4 is 4.90 Å². The summed E-state index contributed by atoms with van der Waals surface area (Å²) in [6, 6.07) is 22.3. The third-order valence-electron chi connectivity index (χ3n) is 8.55. The lowest BCUT2D eigenvalue weighted by atomic mass is 9.64. The van der Waals surface area contributed by atoms with Crippen LogP contribution in [0.1, 0.15) is 74.8 Å². The predicted molar refractivity (Wildman–Crippen MR) is 130 cm³/mol. The molecule has 2 aromatic carbocycles. The minimum absolute atomic E-state index is 0.0405. The van der Waals surface area contributed by atoms with Crippen molar-refractivity contribution in [2.45, 2.75) is 69.4 Å². The van der Waals surface area contributed by atoms with Crippen LogP contribution >= 0.6 is 0 Å². The maximum Gasteiger partial charge on any atom is 0.245 e. The lowest BCUT2D eigenvalue weighted by molar-refractivity contribution is -0.975. The lowest BCUT2D eigenvalue weighted by Gasteiger charge is -2.54. The molecule has 2 aliphatic carbocycles. The van der Waals surface area contributed by atoms with E-state index in [1.54, 1.807) is 10.5 Å². The monoisotopic (exact) mass is 426 g/mol. The Kier molecular flexibility index (Phi) is 5.43. The highest BCUT2D eigenvalue weighted by Gasteiger charge is 2.59. The quantitative estimate of drug-likeness (QED) is 0.646. The van der Waals surface area contributed by atoms with Crippen LogP contribution in [0, 0.1) is 5.92 Å². The van der Waals surface area contributed by atoms with Crippen LogP contribution in [-0.4, -0.2) is 18.8 Å². The van der Waals surface area contributed by atoms with E-state index in [-0.39, 0.29) is 5.72 Å². The van der Waals surface area contributed by atoms with E-state index in [1.165, 1.54) is 86.9 Å². The van der Waals surface area contributed by atoms with Gasteiger partial charge in [-0.3, -0.25) is 4.90 Å². The summed E-state index contributed by atoms with van der Waals surface area (Å²) in [5.74, 6) is 2.38. The molecular formula is C30H36NO+. The molecule has 1 saturated heterocycles. The van der Waals surface area contributed by atoms with E-state index < -0.39 is 0 Å². The molecule has 32 heavy (non-hydrogen) atoms. The number of hydrogen-bond donors (Lipinski definition) is 1. The second-order valence-electron chi connectivity index (χ2n) is 10.3. The first-order valence-electron chi connectivity index (χ1n) is 12.9. The van der Waals surface area contributed by atoms with Crippen molar-refractivity contribution in [3.8, 4) is 0 Å². The summed E-state index contributed by atoms with van der Waals surface area (Å²) in [6.45, 7) is 2.55. The summed E-state index contributed by atoms with van der Waals surface area (Å²) in [5, 5.41) is 0. The Morgan fingerprint density at radius 3 is 2.34 bits per heavy atom. The normalized spacial score (nSPS) is 31.8. The van der Waals surface area contributed by atoms with Crippen LogP contribution in [0.3, 0.4) is 0 Å². The van der Waals surface area contributed by atoms with Crippen molar-refractivity contribution < 1.29 is 9.64 Å². The fourth-order valence-corrected chi connectivity index (χ4v) is 7.21. The van der Waals surface area contributed by atoms with E-state index in [0.717, 1.165) is 6.42 Å². The van der Waals surface area contributed by atoms with Gasteiger partial charge < -0.3 is 4.74 Å². The van der Waals surface area contributed by atoms with Crippen molar-refractivity contribution in [2.24, 2.45) is 5.92 Å². The Hall–Kier alpha value is -2.32. The van der Waals surface area contributed by atoms with Crippen LogP contribution in [0.5, 0.6) is 0 Å². The molecule has 3 atom stereocenters. The van der Waals surface area contributed by atoms with E-state index >= 15 is 0 Å². The molecule has 2 fully saturated rings. The van der Waals surface area contributed by atoms with Crippen LogP contribution in [0.2, 0.25) is 0 Å². The van der Waals surface area contributed by atoms with Gasteiger partial charge in [-0.05, 0) is 60.5 Å². The number of nitrogens with one attached hydrogen (secondary N) is 1. The highest BCUT2D eigenvalue weighted by molar-refractivity contribution is 5.60. The van der Waals surface area contributed by atoms with Crippen LogP contribution in [-0.2, 0) is 4.74 Å². The Labute approximate surface area is 193 Å². The van der Waals surface area contributed by atoms with Gasteiger partial charge in [-0.1, -0.05) is 67.1 Å². The number of allylic oxidation sites excluding steroid dienone is 2. The molecule has 0 bridgehead atoms. The largest absolute Gasteiger partial charge is 0.440 e. The van der Waals surface area contributed by atoms with Crippen molar-refractivity contribution in [1.29, 1.82) is 0 Å². The maximum absolute atomic E-state index is 7.38. The molecule has 2 aromatic rings. The molecule has 166 valence electrons. The molecule has 2 heterocycles. The molecule has 0 aromatic heterocycles. The molecular weight excluding hydrogens is 390 g/mol. The average Bonchev–Trinajstić information content (AvgIpc) is 3.40. The number of fused-ring (bicyclic) bond motifs is 1. The first-order chi connectivity index (χ1) is 15.9. The lowest BCUT2D eigenvalue weighted by Crippen LogP contribution is -3.20. The van der Waals surface area contributed by atoms with Crippen LogP contribution in [0.4, 0.5) is 0 Å². The van der Waals surface area contributed by atoms with Crippen molar-refractivity contribution in [3.05, 3.63) is 88.7 Å². The van der Waals surface area contributed by atoms with E-state index in [2.05, 4.69) is 66.7 Å². The topological polar surface area (TPSA) is 13.7 Å². The van der Waals surface area contributed by atoms with Crippen molar-refractivity contribution in [2.75, 3.05) is 13.1 Å². The molecule has 0 spiro atoms. The Bertz CT molecular complexity index is 1000. The van der Waals surface area contributed by atoms with Crippen molar-refractivity contribution in [1.82, 2.24) is 0 Å². The number of benzene rings is 2. The second kappa shape index (κ2) is 8.56. The number of hydrogen-bond acceptors (Lipinski definition) is 1. The molecule has 1 N–H and O–H groups in total. The van der Waals surface area contributed by atoms with Gasteiger partial charge in [-0.25, -0.2) is 0 Å². The molecule has 0 amide bonds. The maximum atomic E-state index is 7.38. The Morgan fingerprint density at radius 1 is 0.812 bits per heavy atom. The second-order valence-corrected chi connectivity index (χ2v) is 10.3. The molecule has 0 radical (unpaired) electrons. The molecule has 1 saturated carbocycles. The molecule has 0 unspecified atom stereocenters. The molecule has 2 nitrogen and oxygen atoms in total. The smallest absolute Gasteiger partial charge is 0.245 e. The van der Waals surface area contributed by atoms with Gasteiger partial charge >= 0.3 is 0 Å². The first kappa shape index (κ1) is 20.3. The van der Waals surface area contributed by atoms with Crippen LogP contribution in [0.25, 0.3) is 6.08 Å². The number of likely N-dealkylation sites (tertiary alicyclic amines) is 1. The molecule has 2 heteroatoms. The minimum atomic E-state index is -0.0405.